The number of unbranched alkanes of at least 4 members (excludes halogenated alkanes) is 3. The fourth-order valence-electron chi connectivity index (χ4n) is 0.521. The molecule has 0 saturated carbocycles. The normalized spacial score (nSPS) is 8.25. The zero-order valence-corrected chi connectivity index (χ0v) is 10.7. The van der Waals surface area contributed by atoms with E-state index in [0.717, 1.165) is 0 Å². The van der Waals surface area contributed by atoms with Crippen molar-refractivity contribution in [3.8, 4) is 0 Å². The zero-order chi connectivity index (χ0) is 5.54. The molecule has 0 N–H and O–H groups in total. The number of alkyl halides is 1. The molecule has 0 radical (unpaired) electrons. The van der Waals surface area contributed by atoms with Crippen LogP contribution in [0.25, 0.3) is 0 Å². The van der Waals surface area contributed by atoms with Crippen molar-refractivity contribution < 1.29 is 19.5 Å². The smallest absolute Gasteiger partial charge is 0 e. The van der Waals surface area contributed by atoms with E-state index in [2.05, 4.69) is 29.5 Å². The van der Waals surface area contributed by atoms with Crippen LogP contribution in [0.15, 0.2) is 0 Å². The van der Waals surface area contributed by atoms with E-state index in [1.165, 1.54) is 30.1 Å². The molecule has 0 fully saturated rings. The standard InChI is InChI=1S/C6H13I.Zn/c1-2-3-4-5-6-7;/h2-6H2,1H3;. The predicted molar refractivity (Wildman–Crippen MR) is 43.0 cm³/mol. The molecule has 0 aliphatic rings. The molecular formula is C6H13IZn. The van der Waals surface area contributed by atoms with E-state index in [-0.39, 0.29) is 19.5 Å². The summed E-state index contributed by atoms with van der Waals surface area (Å²) in [4.78, 5) is 0. The van der Waals surface area contributed by atoms with Crippen LogP contribution >= 0.6 is 22.6 Å². The predicted octanol–water partition coefficient (Wildman–Crippen LogP) is 3.00. The Bertz CT molecular complexity index is 27.7. The third-order valence-corrected chi connectivity index (χ3v) is 1.75. The first kappa shape index (κ1) is 12.1. The summed E-state index contributed by atoms with van der Waals surface area (Å²) in [7, 11) is 0. The summed E-state index contributed by atoms with van der Waals surface area (Å²) < 4.78 is 1.33. The Labute approximate surface area is 78.7 Å². The van der Waals surface area contributed by atoms with Gasteiger partial charge in [0.2, 0.25) is 0 Å². The average molecular weight is 277 g/mol. The van der Waals surface area contributed by atoms with Gasteiger partial charge in [-0.15, -0.1) is 0 Å². The quantitative estimate of drug-likeness (QED) is 0.321. The van der Waals surface area contributed by atoms with Crippen molar-refractivity contribution in [1.29, 1.82) is 0 Å². The molecule has 0 saturated heterocycles. The van der Waals surface area contributed by atoms with Crippen LogP contribution in [0.1, 0.15) is 32.6 Å². The summed E-state index contributed by atoms with van der Waals surface area (Å²) in [5, 5.41) is 0. The molecule has 0 atom stereocenters. The topological polar surface area (TPSA) is 0 Å². The molecule has 2 heteroatoms. The Kier molecular flexibility index (Phi) is 16.9. The Morgan fingerprint density at radius 2 is 1.75 bits per heavy atom. The second-order valence-electron chi connectivity index (χ2n) is 1.75. The Morgan fingerprint density at radius 1 is 1.12 bits per heavy atom. The minimum absolute atomic E-state index is 0. The van der Waals surface area contributed by atoms with E-state index >= 15 is 0 Å². The summed E-state index contributed by atoms with van der Waals surface area (Å²) in [6.07, 6.45) is 5.62. The number of halogens is 1. The van der Waals surface area contributed by atoms with E-state index in [9.17, 15) is 0 Å². The molecule has 0 aromatic carbocycles. The summed E-state index contributed by atoms with van der Waals surface area (Å²) >= 11 is 2.43. The molecule has 0 aromatic rings. The minimum atomic E-state index is 0. The number of hydrogen-bond donors (Lipinski definition) is 0. The van der Waals surface area contributed by atoms with Gasteiger partial charge in [-0.1, -0.05) is 48.8 Å². The summed E-state index contributed by atoms with van der Waals surface area (Å²) in [6, 6.07) is 0. The third kappa shape index (κ3) is 10.4. The van der Waals surface area contributed by atoms with Crippen molar-refractivity contribution in [3.63, 3.8) is 0 Å². The van der Waals surface area contributed by atoms with Crippen LogP contribution in [-0.4, -0.2) is 4.43 Å². The Hall–Kier alpha value is 1.35. The van der Waals surface area contributed by atoms with Crippen LogP contribution in [0, 0.1) is 0 Å². The molecule has 8 heavy (non-hydrogen) atoms. The molecule has 0 aliphatic heterocycles. The molecule has 0 heterocycles. The van der Waals surface area contributed by atoms with Gasteiger partial charge in [-0.05, 0) is 10.8 Å². The first-order chi connectivity index (χ1) is 3.41. The van der Waals surface area contributed by atoms with Crippen LogP contribution in [0.4, 0.5) is 0 Å². The SMILES string of the molecule is CCCCCCI.[Zn]. The van der Waals surface area contributed by atoms with Gasteiger partial charge < -0.3 is 0 Å². The molecule has 0 nitrogen and oxygen atoms in total. The molecule has 0 aliphatic carbocycles. The van der Waals surface area contributed by atoms with E-state index in [1.54, 1.807) is 0 Å². The largest absolute Gasteiger partial charge is 0.0864 e. The molecular weight excluding hydrogens is 264 g/mol. The van der Waals surface area contributed by atoms with Crippen molar-refractivity contribution in [2.24, 2.45) is 0 Å². The first-order valence-corrected chi connectivity index (χ1v) is 4.50. The van der Waals surface area contributed by atoms with Gasteiger partial charge in [-0.25, -0.2) is 0 Å². The fourth-order valence-corrected chi connectivity index (χ4v) is 1.06. The van der Waals surface area contributed by atoms with Gasteiger partial charge in [0.05, 0.1) is 0 Å². The maximum absolute atomic E-state index is 2.43. The third-order valence-electron chi connectivity index (χ3n) is 0.987. The van der Waals surface area contributed by atoms with E-state index in [4.69, 9.17) is 0 Å². The average Bonchev–Trinajstić information content (AvgIpc) is 1.69. The summed E-state index contributed by atoms with van der Waals surface area (Å²) in [6.45, 7) is 2.24. The van der Waals surface area contributed by atoms with Gasteiger partial charge in [0.1, 0.15) is 0 Å². The van der Waals surface area contributed by atoms with Gasteiger partial charge >= 0.3 is 0 Å². The number of rotatable bonds is 4. The second kappa shape index (κ2) is 11.2. The zero-order valence-electron chi connectivity index (χ0n) is 5.62. The van der Waals surface area contributed by atoms with Gasteiger partial charge in [-0.3, -0.25) is 0 Å². The van der Waals surface area contributed by atoms with Crippen molar-refractivity contribution in [3.05, 3.63) is 0 Å². The van der Waals surface area contributed by atoms with E-state index in [0.29, 0.717) is 0 Å². The minimum Gasteiger partial charge on any atom is -0.0864 e. The molecule has 0 spiro atoms. The summed E-state index contributed by atoms with van der Waals surface area (Å²) in [5.74, 6) is 0. The maximum Gasteiger partial charge on any atom is 0 e. The molecule has 0 unspecified atom stereocenters. The van der Waals surface area contributed by atoms with E-state index < -0.39 is 0 Å². The number of hydrogen-bond acceptors (Lipinski definition) is 0. The van der Waals surface area contributed by atoms with Crippen LogP contribution in [0.5, 0.6) is 0 Å². The van der Waals surface area contributed by atoms with Gasteiger partial charge in [0.25, 0.3) is 0 Å². The molecule has 0 bridgehead atoms. The van der Waals surface area contributed by atoms with Crippen molar-refractivity contribution in [2.75, 3.05) is 4.43 Å². The van der Waals surface area contributed by atoms with Gasteiger partial charge in [-0.2, -0.15) is 0 Å². The molecule has 0 rings (SSSR count). The molecule has 0 amide bonds. The van der Waals surface area contributed by atoms with Crippen molar-refractivity contribution in [1.82, 2.24) is 0 Å². The maximum atomic E-state index is 2.43. The van der Waals surface area contributed by atoms with Crippen LogP contribution in [-0.2, 0) is 19.5 Å². The van der Waals surface area contributed by atoms with Gasteiger partial charge in [0.15, 0.2) is 0 Å². The summed E-state index contributed by atoms with van der Waals surface area (Å²) in [5.41, 5.74) is 0. The van der Waals surface area contributed by atoms with Crippen LogP contribution in [0.2, 0.25) is 0 Å². The van der Waals surface area contributed by atoms with Crippen molar-refractivity contribution in [2.45, 2.75) is 32.6 Å². The Balaban J connectivity index is 0. The molecule has 46 valence electrons. The Morgan fingerprint density at radius 3 is 2.12 bits per heavy atom. The van der Waals surface area contributed by atoms with E-state index in [1.807, 2.05) is 0 Å². The van der Waals surface area contributed by atoms with Crippen molar-refractivity contribution >= 4 is 22.6 Å². The molecule has 0 aromatic heterocycles. The van der Waals surface area contributed by atoms with Crippen LogP contribution in [0.3, 0.4) is 0 Å². The van der Waals surface area contributed by atoms with Crippen LogP contribution < -0.4 is 0 Å². The monoisotopic (exact) mass is 276 g/mol. The first-order valence-electron chi connectivity index (χ1n) is 2.97. The second-order valence-corrected chi connectivity index (χ2v) is 2.83. The van der Waals surface area contributed by atoms with Gasteiger partial charge in [0, 0.05) is 19.5 Å². The fraction of sp³-hybridized carbons (Fsp3) is 1.00.